The molecule has 0 radical (unpaired) electrons. The van der Waals surface area contributed by atoms with Gasteiger partial charge < -0.3 is 9.64 Å². The van der Waals surface area contributed by atoms with Gasteiger partial charge in [0.15, 0.2) is 9.84 Å². The van der Waals surface area contributed by atoms with Crippen molar-refractivity contribution in [3.05, 3.63) is 24.3 Å². The summed E-state index contributed by atoms with van der Waals surface area (Å²) in [6.07, 6.45) is -6.65. The van der Waals surface area contributed by atoms with Gasteiger partial charge in [-0.2, -0.15) is 30.7 Å². The number of likely N-dealkylation sites (tertiary alicyclic amines) is 1. The number of hydrogen-bond acceptors (Lipinski definition) is 4. The van der Waals surface area contributed by atoms with E-state index >= 15 is 0 Å². The van der Waals surface area contributed by atoms with Crippen LogP contribution in [0.5, 0.6) is 5.75 Å². The second-order valence-corrected chi connectivity index (χ2v) is 7.93. The summed E-state index contributed by atoms with van der Waals surface area (Å²) in [6.45, 7) is -1.87. The van der Waals surface area contributed by atoms with E-state index in [1.54, 1.807) is 0 Å². The molecule has 0 atom stereocenters. The van der Waals surface area contributed by atoms with E-state index in [0.717, 1.165) is 12.1 Å². The van der Waals surface area contributed by atoms with Crippen LogP contribution >= 0.6 is 0 Å². The lowest BCUT2D eigenvalue weighted by molar-refractivity contribution is -0.346. The predicted molar refractivity (Wildman–Crippen MR) is 76.5 cm³/mol. The maximum atomic E-state index is 13.4. The van der Waals surface area contributed by atoms with Crippen LogP contribution in [-0.4, -0.2) is 62.7 Å². The summed E-state index contributed by atoms with van der Waals surface area (Å²) in [4.78, 5) is 11.1. The van der Waals surface area contributed by atoms with Crippen molar-refractivity contribution < 1.29 is 48.7 Å². The number of benzene rings is 1. The molecule has 5 nitrogen and oxygen atoms in total. The molecule has 152 valence electrons. The fourth-order valence-electron chi connectivity index (χ4n) is 2.27. The first kappa shape index (κ1) is 21.3. The van der Waals surface area contributed by atoms with E-state index < -0.39 is 52.1 Å². The Bertz CT molecular complexity index is 815. The number of rotatable bonds is 5. The van der Waals surface area contributed by atoms with Crippen LogP contribution in [0.3, 0.4) is 0 Å². The number of alkyl halides is 7. The van der Waals surface area contributed by atoms with E-state index in [9.17, 15) is 43.9 Å². The molecule has 2 rings (SSSR count). The van der Waals surface area contributed by atoms with Crippen molar-refractivity contribution in [3.63, 3.8) is 0 Å². The number of methoxy groups -OCH3 is 1. The highest BCUT2D eigenvalue weighted by molar-refractivity contribution is 7.92. The fraction of sp³-hybridized carbons (Fsp3) is 0.500. The third-order valence-electron chi connectivity index (χ3n) is 3.98. The topological polar surface area (TPSA) is 63.7 Å². The second-order valence-electron chi connectivity index (χ2n) is 5.70. The normalized spacial score (nSPS) is 16.8. The van der Waals surface area contributed by atoms with Crippen LogP contribution in [-0.2, 0) is 14.6 Å². The zero-order chi connectivity index (χ0) is 20.8. The van der Waals surface area contributed by atoms with Gasteiger partial charge in [-0.25, -0.2) is 8.42 Å². The van der Waals surface area contributed by atoms with Crippen molar-refractivity contribution in [1.82, 2.24) is 4.90 Å². The van der Waals surface area contributed by atoms with Gasteiger partial charge in [0, 0.05) is 13.1 Å². The SMILES string of the molecule is COc1ccc(S(=O)(=O)C2CN(C(=O)C(F)(F)C(F)(F)C(F)(F)F)C2)cc1. The summed E-state index contributed by atoms with van der Waals surface area (Å²) < 4.78 is 118. The molecule has 0 unspecified atom stereocenters. The van der Waals surface area contributed by atoms with Crippen molar-refractivity contribution in [2.24, 2.45) is 0 Å². The van der Waals surface area contributed by atoms with E-state index in [0.29, 0.717) is 5.75 Å². The quantitative estimate of drug-likeness (QED) is 0.683. The summed E-state index contributed by atoms with van der Waals surface area (Å²) in [5.41, 5.74) is 0. The summed E-state index contributed by atoms with van der Waals surface area (Å²) in [6, 6.07) is 4.88. The molecule has 0 aromatic heterocycles. The Hall–Kier alpha value is -2.05. The molecule has 13 heteroatoms. The first-order chi connectivity index (χ1) is 12.2. The van der Waals surface area contributed by atoms with Gasteiger partial charge in [-0.15, -0.1) is 0 Å². The Balaban J connectivity index is 2.13. The molecule has 1 amide bonds. The number of ether oxygens (including phenoxy) is 1. The third-order valence-corrected chi connectivity index (χ3v) is 6.09. The van der Waals surface area contributed by atoms with Gasteiger partial charge in [0.25, 0.3) is 5.91 Å². The number of amides is 1. The number of nitrogens with zero attached hydrogens (tertiary/aromatic N) is 1. The summed E-state index contributed by atoms with van der Waals surface area (Å²) in [7, 11) is -2.78. The van der Waals surface area contributed by atoms with Crippen molar-refractivity contribution in [1.29, 1.82) is 0 Å². The van der Waals surface area contributed by atoms with Crippen LogP contribution in [0.25, 0.3) is 0 Å². The van der Waals surface area contributed by atoms with E-state index in [-0.39, 0.29) is 9.80 Å². The lowest BCUT2D eigenvalue weighted by Gasteiger charge is -2.41. The molecule has 0 N–H and O–H groups in total. The average Bonchev–Trinajstić information content (AvgIpc) is 2.51. The highest BCUT2D eigenvalue weighted by atomic mass is 32.2. The van der Waals surface area contributed by atoms with Crippen molar-refractivity contribution in [2.45, 2.75) is 28.2 Å². The van der Waals surface area contributed by atoms with E-state index in [1.807, 2.05) is 0 Å². The maximum Gasteiger partial charge on any atom is 0.460 e. The summed E-state index contributed by atoms with van der Waals surface area (Å²) >= 11 is 0. The van der Waals surface area contributed by atoms with Gasteiger partial charge in [-0.1, -0.05) is 0 Å². The molecule has 1 fully saturated rings. The summed E-state index contributed by atoms with van der Waals surface area (Å²) in [5, 5.41) is -1.41. The number of halogens is 7. The van der Waals surface area contributed by atoms with Gasteiger partial charge in [0.1, 0.15) is 11.0 Å². The van der Waals surface area contributed by atoms with Gasteiger partial charge in [0.05, 0.1) is 12.0 Å². The molecule has 1 saturated heterocycles. The minimum Gasteiger partial charge on any atom is -0.497 e. The number of carbonyl (C=O) groups is 1. The van der Waals surface area contributed by atoms with Crippen molar-refractivity contribution >= 4 is 15.7 Å². The maximum absolute atomic E-state index is 13.4. The Morgan fingerprint density at radius 1 is 1.04 bits per heavy atom. The molecule has 1 heterocycles. The standard InChI is InChI=1S/C14H12F7NO4S/c1-26-8-2-4-9(5-3-8)27(24,25)10-6-22(7-10)11(23)12(15,16)13(17,18)14(19,20)21/h2-5,10H,6-7H2,1H3. The number of sulfone groups is 1. The van der Waals surface area contributed by atoms with Gasteiger partial charge in [0.2, 0.25) is 0 Å². The molecule has 27 heavy (non-hydrogen) atoms. The monoisotopic (exact) mass is 423 g/mol. The number of hydrogen-bond donors (Lipinski definition) is 0. The molecule has 1 aromatic carbocycles. The molecule has 0 spiro atoms. The average molecular weight is 423 g/mol. The van der Waals surface area contributed by atoms with Crippen molar-refractivity contribution in [3.8, 4) is 5.75 Å². The molecular weight excluding hydrogens is 411 g/mol. The van der Waals surface area contributed by atoms with Crippen LogP contribution < -0.4 is 4.74 Å². The molecule has 0 saturated carbocycles. The Labute approximate surface area is 148 Å². The molecule has 0 aliphatic carbocycles. The first-order valence-corrected chi connectivity index (χ1v) is 8.70. The van der Waals surface area contributed by atoms with Gasteiger partial charge >= 0.3 is 18.0 Å². The third kappa shape index (κ3) is 3.44. The molecule has 1 aliphatic rings. The van der Waals surface area contributed by atoms with Crippen LogP contribution in [0.1, 0.15) is 0 Å². The van der Waals surface area contributed by atoms with Crippen LogP contribution in [0.4, 0.5) is 30.7 Å². The van der Waals surface area contributed by atoms with Crippen LogP contribution in [0.15, 0.2) is 29.2 Å². The van der Waals surface area contributed by atoms with Crippen LogP contribution in [0.2, 0.25) is 0 Å². The van der Waals surface area contributed by atoms with E-state index in [4.69, 9.17) is 4.74 Å². The summed E-state index contributed by atoms with van der Waals surface area (Å²) in [5.74, 6) is -15.1. The minimum atomic E-state index is -6.65. The minimum absolute atomic E-state index is 0.0502. The highest BCUT2D eigenvalue weighted by Gasteiger charge is 2.77. The molecule has 1 aliphatic heterocycles. The predicted octanol–water partition coefficient (Wildman–Crippen LogP) is 2.51. The smallest absolute Gasteiger partial charge is 0.460 e. The fourth-order valence-corrected chi connectivity index (χ4v) is 3.92. The van der Waals surface area contributed by atoms with E-state index in [1.165, 1.54) is 19.2 Å². The van der Waals surface area contributed by atoms with Gasteiger partial charge in [-0.05, 0) is 24.3 Å². The largest absolute Gasteiger partial charge is 0.497 e. The lowest BCUT2D eigenvalue weighted by Crippen LogP contribution is -2.66. The Morgan fingerprint density at radius 2 is 1.52 bits per heavy atom. The molecule has 1 aromatic rings. The van der Waals surface area contributed by atoms with Crippen molar-refractivity contribution in [2.75, 3.05) is 20.2 Å². The zero-order valence-corrected chi connectivity index (χ0v) is 14.3. The highest BCUT2D eigenvalue weighted by Crippen LogP contribution is 2.47. The Kier molecular flexibility index (Phi) is 5.14. The zero-order valence-electron chi connectivity index (χ0n) is 13.4. The molecular formula is C14H12F7NO4S. The molecule has 0 bridgehead atoms. The van der Waals surface area contributed by atoms with Gasteiger partial charge in [-0.3, -0.25) is 4.79 Å². The van der Waals surface area contributed by atoms with Crippen LogP contribution in [0, 0.1) is 0 Å². The Morgan fingerprint density at radius 3 is 1.93 bits per heavy atom. The number of carbonyl (C=O) groups excluding carboxylic acids is 1. The lowest BCUT2D eigenvalue weighted by atomic mass is 10.1. The van der Waals surface area contributed by atoms with E-state index in [2.05, 4.69) is 0 Å². The second kappa shape index (κ2) is 6.53. The first-order valence-electron chi connectivity index (χ1n) is 7.16.